The van der Waals surface area contributed by atoms with Gasteiger partial charge in [-0.05, 0) is 83.5 Å². The number of unbranched alkanes of at least 4 members (excludes halogenated alkanes) is 38. The number of carbonyl (C=O) groups excluding carboxylic acids is 1. The summed E-state index contributed by atoms with van der Waals surface area (Å²) in [7, 11) is 0. The highest BCUT2D eigenvalue weighted by Gasteiger charge is 2.51. The van der Waals surface area contributed by atoms with Crippen molar-refractivity contribution in [3.05, 3.63) is 97.2 Å². The summed E-state index contributed by atoms with van der Waals surface area (Å²) in [5.41, 5.74) is 0. The van der Waals surface area contributed by atoms with Gasteiger partial charge in [0.15, 0.2) is 12.6 Å². The Kier molecular flexibility index (Phi) is 60.5. The van der Waals surface area contributed by atoms with Crippen LogP contribution in [0.1, 0.15) is 322 Å². The van der Waals surface area contributed by atoms with Gasteiger partial charge in [0, 0.05) is 6.42 Å². The summed E-state index contributed by atoms with van der Waals surface area (Å²) in [6.45, 7) is 2.70. The third kappa shape index (κ3) is 47.9. The van der Waals surface area contributed by atoms with Gasteiger partial charge in [0.1, 0.15) is 48.8 Å². The molecule has 96 heavy (non-hydrogen) atoms. The van der Waals surface area contributed by atoms with E-state index < -0.39 is 86.8 Å². The van der Waals surface area contributed by atoms with Crippen molar-refractivity contribution in [2.75, 3.05) is 19.8 Å². The second kappa shape index (κ2) is 65.2. The molecular weight excluding hydrogens is 1210 g/mol. The molecule has 0 radical (unpaired) electrons. The minimum atomic E-state index is -1.80. The van der Waals surface area contributed by atoms with Crippen LogP contribution in [0.4, 0.5) is 0 Å². The summed E-state index contributed by atoms with van der Waals surface area (Å²) < 4.78 is 22.9. The third-order valence-corrected chi connectivity index (χ3v) is 18.8. The molecule has 2 saturated heterocycles. The molecule has 12 unspecified atom stereocenters. The highest BCUT2D eigenvalue weighted by atomic mass is 16.7. The Morgan fingerprint density at radius 1 is 0.385 bits per heavy atom. The third-order valence-electron chi connectivity index (χ3n) is 18.8. The van der Waals surface area contributed by atoms with Gasteiger partial charge in [-0.2, -0.15) is 0 Å². The zero-order valence-electron chi connectivity index (χ0n) is 60.8. The molecule has 1 amide bonds. The molecule has 0 aromatic carbocycles. The molecule has 2 fully saturated rings. The normalized spacial score (nSPS) is 22.8. The van der Waals surface area contributed by atoms with E-state index in [9.17, 15) is 45.6 Å². The Balaban J connectivity index is 1.65. The van der Waals surface area contributed by atoms with Gasteiger partial charge in [-0.3, -0.25) is 4.79 Å². The van der Waals surface area contributed by atoms with Gasteiger partial charge >= 0.3 is 0 Å². The molecule has 0 aliphatic carbocycles. The molecule has 14 heteroatoms. The van der Waals surface area contributed by atoms with Crippen molar-refractivity contribution in [2.45, 2.75) is 396 Å². The first-order chi connectivity index (χ1) is 47.1. The minimum absolute atomic E-state index is 0.254. The molecule has 0 bridgehead atoms. The van der Waals surface area contributed by atoms with E-state index in [1.54, 1.807) is 6.08 Å². The quantitative estimate of drug-likeness (QED) is 0.0204. The van der Waals surface area contributed by atoms with Crippen LogP contribution in [-0.4, -0.2) is 140 Å². The van der Waals surface area contributed by atoms with Crippen molar-refractivity contribution >= 4 is 5.91 Å². The lowest BCUT2D eigenvalue weighted by molar-refractivity contribution is -0.359. The fourth-order valence-corrected chi connectivity index (χ4v) is 12.6. The number of hydrogen-bond acceptors (Lipinski definition) is 13. The number of amides is 1. The fourth-order valence-electron chi connectivity index (χ4n) is 12.6. The molecule has 12 atom stereocenters. The van der Waals surface area contributed by atoms with Crippen molar-refractivity contribution < 1.29 is 64.6 Å². The first-order valence-corrected chi connectivity index (χ1v) is 39.5. The van der Waals surface area contributed by atoms with Crippen LogP contribution in [0.3, 0.4) is 0 Å². The van der Waals surface area contributed by atoms with Gasteiger partial charge in [0.2, 0.25) is 5.91 Å². The average molecular weight is 1350 g/mol. The predicted molar refractivity (Wildman–Crippen MR) is 396 cm³/mol. The molecular formula is C82H145NO13. The van der Waals surface area contributed by atoms with Crippen molar-refractivity contribution in [3.8, 4) is 0 Å². The molecule has 2 rings (SSSR count). The second-order valence-corrected chi connectivity index (χ2v) is 27.4. The average Bonchev–Trinajstić information content (AvgIpc) is 0.854. The summed E-state index contributed by atoms with van der Waals surface area (Å²) in [5.74, 6) is -0.254. The second-order valence-electron chi connectivity index (χ2n) is 27.4. The van der Waals surface area contributed by atoms with E-state index >= 15 is 0 Å². The Hall–Kier alpha value is -3.09. The van der Waals surface area contributed by atoms with Crippen molar-refractivity contribution in [1.29, 1.82) is 0 Å². The number of hydrogen-bond donors (Lipinski definition) is 9. The summed E-state index contributed by atoms with van der Waals surface area (Å²) in [6, 6.07) is -0.943. The number of carbonyl (C=O) groups is 1. The molecule has 9 N–H and O–H groups in total. The standard InChI is InChI=1S/C82H145NO13/c1-3-5-7-9-11-13-15-17-19-21-23-25-27-29-31-33-34-35-36-38-39-41-43-45-47-49-51-53-55-57-59-61-63-65-71(86)70(69-93-81-79(92)77(90)80(73(68-85)95-81)96-82-78(91)76(89)75(88)72(67-84)94-82)83-74(87)66-64-62-60-58-56-54-52-50-48-46-44-42-40-37-32-30-28-26-24-22-20-18-16-14-12-10-8-6-4-2/h6,8,12,14,18,20,24,26,30,32,40,42,55,57,63,65,70-73,75-82,84-86,88-92H,3-5,7,9-11,13,15-17,19,21-23,25,27-29,31,33-39,41,43-54,56,58-62,64,66-69H2,1-2H3,(H,83,87)/b8-6-,14-12-,20-18-,26-24-,32-30-,42-40-,57-55+,65-63+. The van der Waals surface area contributed by atoms with Gasteiger partial charge in [0.05, 0.1) is 32.0 Å². The lowest BCUT2D eigenvalue weighted by atomic mass is 9.97. The zero-order valence-corrected chi connectivity index (χ0v) is 60.8. The number of aliphatic hydroxyl groups is 8. The number of ether oxygens (including phenoxy) is 4. The summed E-state index contributed by atoms with van der Waals surface area (Å²) >= 11 is 0. The molecule has 0 aromatic heterocycles. The van der Waals surface area contributed by atoms with E-state index in [1.165, 1.54) is 212 Å². The molecule has 556 valence electrons. The Morgan fingerprint density at radius 3 is 1.15 bits per heavy atom. The van der Waals surface area contributed by atoms with Gasteiger partial charge in [-0.1, -0.05) is 329 Å². The summed E-state index contributed by atoms with van der Waals surface area (Å²) in [6.07, 6.45) is 76.3. The van der Waals surface area contributed by atoms with Gasteiger partial charge in [0.25, 0.3) is 0 Å². The summed E-state index contributed by atoms with van der Waals surface area (Å²) in [5, 5.41) is 87.6. The molecule has 2 aliphatic rings. The van der Waals surface area contributed by atoms with E-state index in [4.69, 9.17) is 18.9 Å². The first-order valence-electron chi connectivity index (χ1n) is 39.5. The monoisotopic (exact) mass is 1350 g/mol. The van der Waals surface area contributed by atoms with Crippen molar-refractivity contribution in [3.63, 3.8) is 0 Å². The van der Waals surface area contributed by atoms with Crippen LogP contribution in [0.5, 0.6) is 0 Å². The van der Waals surface area contributed by atoms with Crippen LogP contribution >= 0.6 is 0 Å². The lowest BCUT2D eigenvalue weighted by Crippen LogP contribution is -2.65. The topological polar surface area (TPSA) is 228 Å². The van der Waals surface area contributed by atoms with E-state index in [2.05, 4.69) is 104 Å². The van der Waals surface area contributed by atoms with Crippen LogP contribution in [0, 0.1) is 0 Å². The molecule has 14 nitrogen and oxygen atoms in total. The maximum atomic E-state index is 13.4. The van der Waals surface area contributed by atoms with Crippen LogP contribution in [0.2, 0.25) is 0 Å². The maximum absolute atomic E-state index is 13.4. The predicted octanol–water partition coefficient (Wildman–Crippen LogP) is 17.7. The number of rotatable bonds is 65. The van der Waals surface area contributed by atoms with Crippen molar-refractivity contribution in [2.24, 2.45) is 0 Å². The number of allylic oxidation sites excluding steroid dienone is 15. The largest absolute Gasteiger partial charge is 0.394 e. The molecule has 2 heterocycles. The SMILES string of the molecule is CC/C=C\C/C=C\C/C=C\C/C=C\C/C=C\C/C=C\CCCCCCCCCCCCC(=O)NC(COC1OC(CO)C(OC2OC(CO)C(O)C(O)C2O)C(O)C1O)C(O)/C=C/CC/C=C/CCCCCCCCCCCCCCCCCCCCCCCCCCCCC. The zero-order chi connectivity index (χ0) is 69.4. The van der Waals surface area contributed by atoms with Crippen LogP contribution in [-0.2, 0) is 23.7 Å². The molecule has 0 aromatic rings. The smallest absolute Gasteiger partial charge is 0.220 e. The summed E-state index contributed by atoms with van der Waals surface area (Å²) in [4.78, 5) is 13.4. The van der Waals surface area contributed by atoms with Gasteiger partial charge in [-0.15, -0.1) is 0 Å². The Bertz CT molecular complexity index is 1980. The Morgan fingerprint density at radius 2 is 0.729 bits per heavy atom. The lowest BCUT2D eigenvalue weighted by Gasteiger charge is -2.46. The van der Waals surface area contributed by atoms with E-state index in [0.29, 0.717) is 12.8 Å². The Labute approximate surface area is 585 Å². The minimum Gasteiger partial charge on any atom is -0.394 e. The van der Waals surface area contributed by atoms with E-state index in [0.717, 1.165) is 77.0 Å². The molecule has 0 saturated carbocycles. The van der Waals surface area contributed by atoms with Gasteiger partial charge < -0.3 is 65.1 Å². The van der Waals surface area contributed by atoms with Crippen LogP contribution < -0.4 is 5.32 Å². The first kappa shape index (κ1) is 89.0. The fraction of sp³-hybridized carbons (Fsp3) is 0.793. The van der Waals surface area contributed by atoms with Crippen LogP contribution in [0.15, 0.2) is 97.2 Å². The highest BCUT2D eigenvalue weighted by molar-refractivity contribution is 5.76. The van der Waals surface area contributed by atoms with E-state index in [-0.39, 0.29) is 18.9 Å². The number of aliphatic hydroxyl groups excluding tert-OH is 8. The van der Waals surface area contributed by atoms with Gasteiger partial charge in [-0.25, -0.2) is 0 Å². The van der Waals surface area contributed by atoms with Crippen LogP contribution in [0.25, 0.3) is 0 Å². The molecule has 0 spiro atoms. The highest BCUT2D eigenvalue weighted by Crippen LogP contribution is 2.30. The van der Waals surface area contributed by atoms with Crippen molar-refractivity contribution in [1.82, 2.24) is 5.32 Å². The maximum Gasteiger partial charge on any atom is 0.220 e. The number of nitrogens with one attached hydrogen (secondary N) is 1. The molecule has 2 aliphatic heterocycles. The van der Waals surface area contributed by atoms with E-state index in [1.807, 2.05) is 6.08 Å².